The summed E-state index contributed by atoms with van der Waals surface area (Å²) in [5.74, 6) is 0. The lowest BCUT2D eigenvalue weighted by molar-refractivity contribution is 0.965. The van der Waals surface area contributed by atoms with Gasteiger partial charge in [-0.3, -0.25) is 0 Å². The van der Waals surface area contributed by atoms with Gasteiger partial charge in [0.05, 0.1) is 0 Å². The fraction of sp³-hybridized carbons (Fsp3) is 0.0714. The maximum Gasteiger partial charge on any atom is -0.00265 e. The molecule has 0 nitrogen and oxygen atoms in total. The van der Waals surface area contributed by atoms with E-state index in [9.17, 15) is 0 Å². The Morgan fingerprint density at radius 1 is 0.179 bits per heavy atom. The van der Waals surface area contributed by atoms with Crippen molar-refractivity contribution in [2.45, 2.75) is 25.7 Å². The van der Waals surface area contributed by atoms with Crippen LogP contribution in [0.5, 0.6) is 0 Å². The second-order valence-electron chi connectivity index (χ2n) is 16.3. The van der Waals surface area contributed by atoms with Crippen LogP contribution in [0.3, 0.4) is 0 Å². The van der Waals surface area contributed by atoms with Crippen LogP contribution in [0.15, 0.2) is 170 Å². The second kappa shape index (κ2) is 11.4. The van der Waals surface area contributed by atoms with Crippen molar-refractivity contribution < 1.29 is 0 Å². The third-order valence-corrected chi connectivity index (χ3v) is 13.3. The summed E-state index contributed by atoms with van der Waals surface area (Å²) in [6, 6.07) is 65.9. The van der Waals surface area contributed by atoms with Gasteiger partial charge in [0, 0.05) is 0 Å². The van der Waals surface area contributed by atoms with Crippen LogP contribution < -0.4 is 0 Å². The van der Waals surface area contributed by atoms with Crippen molar-refractivity contribution >= 4 is 108 Å². The summed E-state index contributed by atoms with van der Waals surface area (Å²) in [6.45, 7) is 0. The smallest absolute Gasteiger partial charge is 0.00265 e. The first-order valence-electron chi connectivity index (χ1n) is 20.2. The second-order valence-corrected chi connectivity index (χ2v) is 16.3. The molecule has 0 spiro atoms. The zero-order valence-corrected chi connectivity index (χ0v) is 31.0. The summed E-state index contributed by atoms with van der Waals surface area (Å²) in [5.41, 5.74) is 5.53. The molecule has 0 saturated heterocycles. The van der Waals surface area contributed by atoms with E-state index < -0.39 is 0 Å². The van der Waals surface area contributed by atoms with Crippen molar-refractivity contribution in [3.63, 3.8) is 0 Å². The molecule has 0 fully saturated rings. The van der Waals surface area contributed by atoms with Crippen LogP contribution in [0.25, 0.3) is 108 Å². The molecule has 56 heavy (non-hydrogen) atoms. The van der Waals surface area contributed by atoms with E-state index in [1.165, 1.54) is 130 Å². The first-order valence-corrected chi connectivity index (χ1v) is 20.2. The summed E-state index contributed by atoms with van der Waals surface area (Å²) in [7, 11) is 0. The number of hydrogen-bond donors (Lipinski definition) is 0. The number of rotatable bonds is 0. The van der Waals surface area contributed by atoms with Gasteiger partial charge in [-0.15, -0.1) is 0 Å². The average Bonchev–Trinajstić information content (AvgIpc) is 3.25. The highest BCUT2D eigenvalue weighted by atomic mass is 14.2. The third-order valence-electron chi connectivity index (χ3n) is 13.3. The zero-order chi connectivity index (χ0) is 36.5. The van der Waals surface area contributed by atoms with E-state index in [4.69, 9.17) is 0 Å². The molecule has 0 amide bonds. The molecule has 16 bridgehead atoms. The SMILES string of the molecule is c1cc2ccc3ccc4c5ccc6ccc7ccc(cc7c64)CCc4ccc6ccc7ccc8c(ccc9ccc%10ccc(cc%10c98)CCc1cc2c35)c7c6c4. The van der Waals surface area contributed by atoms with Crippen molar-refractivity contribution in [1.29, 1.82) is 0 Å². The van der Waals surface area contributed by atoms with E-state index in [2.05, 4.69) is 170 Å². The Bertz CT molecular complexity index is 3200. The first-order chi connectivity index (χ1) is 27.7. The van der Waals surface area contributed by atoms with Gasteiger partial charge in [-0.1, -0.05) is 170 Å². The van der Waals surface area contributed by atoms with Crippen LogP contribution in [0.2, 0.25) is 0 Å². The highest BCUT2D eigenvalue weighted by Crippen LogP contribution is 2.41. The molecule has 0 radical (unpaired) electrons. The monoisotopic (exact) mass is 708 g/mol. The Hall–Kier alpha value is -6.76. The van der Waals surface area contributed by atoms with Gasteiger partial charge in [-0.25, -0.2) is 0 Å². The van der Waals surface area contributed by atoms with E-state index in [0.717, 1.165) is 25.7 Å². The predicted molar refractivity (Wildman–Crippen MR) is 243 cm³/mol. The van der Waals surface area contributed by atoms with Gasteiger partial charge in [-0.05, 0) is 156 Å². The molecule has 0 unspecified atom stereocenters. The van der Waals surface area contributed by atoms with Crippen LogP contribution in [-0.4, -0.2) is 0 Å². The molecule has 0 aliphatic heterocycles. The standard InChI is InChI=1S/C56H36/c1-2-34-6-10-38-14-18-42-23-28-48-47(54(42)50(38)30-34)27-24-44-20-16-40-12-8-36(32-52(40)56(44)48)4-3-35-7-11-39-15-19-43-22-25-45-46(55(43)51(39)31-35)26-21-41-17-13-37-9-5-33(1)29-49(37)53(41)45/h5-32H,1-4H2. The Morgan fingerprint density at radius 2 is 0.375 bits per heavy atom. The van der Waals surface area contributed by atoms with E-state index in [1.54, 1.807) is 0 Å². The molecule has 12 aromatic rings. The minimum absolute atomic E-state index is 0.990. The van der Waals surface area contributed by atoms with Crippen molar-refractivity contribution in [2.24, 2.45) is 0 Å². The predicted octanol–water partition coefficient (Wildman–Crippen LogP) is 15.1. The lowest BCUT2D eigenvalue weighted by Gasteiger charge is -2.15. The summed E-state index contributed by atoms with van der Waals surface area (Å²) in [6.07, 6.45) is 3.96. The van der Waals surface area contributed by atoms with Gasteiger partial charge < -0.3 is 0 Å². The topological polar surface area (TPSA) is 0 Å². The van der Waals surface area contributed by atoms with Crippen molar-refractivity contribution in [3.05, 3.63) is 192 Å². The fourth-order valence-corrected chi connectivity index (χ4v) is 10.4. The van der Waals surface area contributed by atoms with E-state index in [1.807, 2.05) is 0 Å². The van der Waals surface area contributed by atoms with Crippen molar-refractivity contribution in [2.75, 3.05) is 0 Å². The van der Waals surface area contributed by atoms with Crippen LogP contribution in [0, 0.1) is 0 Å². The first kappa shape index (κ1) is 30.6. The molecule has 1 aliphatic rings. The quantitative estimate of drug-likeness (QED) is 0.138. The maximum absolute atomic E-state index is 2.48. The lowest BCUT2D eigenvalue weighted by atomic mass is 9.89. The van der Waals surface area contributed by atoms with Gasteiger partial charge >= 0.3 is 0 Å². The third kappa shape index (κ3) is 4.42. The number of aryl methyl sites for hydroxylation is 4. The number of hydrogen-bond acceptors (Lipinski definition) is 0. The van der Waals surface area contributed by atoms with Crippen LogP contribution in [0.1, 0.15) is 22.3 Å². The molecule has 1 aliphatic carbocycles. The minimum Gasteiger partial charge on any atom is -0.0584 e. The Morgan fingerprint density at radius 3 is 0.625 bits per heavy atom. The van der Waals surface area contributed by atoms with E-state index in [-0.39, 0.29) is 0 Å². The molecular formula is C56H36. The van der Waals surface area contributed by atoms with Crippen molar-refractivity contribution in [3.8, 4) is 0 Å². The molecule has 0 saturated carbocycles. The lowest BCUT2D eigenvalue weighted by Crippen LogP contribution is -1.94. The molecule has 0 heterocycles. The highest BCUT2D eigenvalue weighted by Gasteiger charge is 2.15. The average molecular weight is 709 g/mol. The maximum atomic E-state index is 2.48. The Kier molecular flexibility index (Phi) is 6.21. The van der Waals surface area contributed by atoms with Gasteiger partial charge in [0.25, 0.3) is 0 Å². The molecule has 13 rings (SSSR count). The molecule has 12 aromatic carbocycles. The molecular weight excluding hydrogens is 673 g/mol. The van der Waals surface area contributed by atoms with Crippen LogP contribution in [0.4, 0.5) is 0 Å². The van der Waals surface area contributed by atoms with Crippen LogP contribution >= 0.6 is 0 Å². The van der Waals surface area contributed by atoms with E-state index in [0.29, 0.717) is 0 Å². The minimum atomic E-state index is 0.990. The highest BCUT2D eigenvalue weighted by molar-refractivity contribution is 6.30. The van der Waals surface area contributed by atoms with Crippen LogP contribution in [-0.2, 0) is 25.7 Å². The van der Waals surface area contributed by atoms with Crippen molar-refractivity contribution in [1.82, 2.24) is 0 Å². The van der Waals surface area contributed by atoms with Gasteiger partial charge in [0.2, 0.25) is 0 Å². The molecule has 260 valence electrons. The number of fused-ring (bicyclic) bond motifs is 4. The van der Waals surface area contributed by atoms with Gasteiger partial charge in [0.15, 0.2) is 0 Å². The summed E-state index contributed by atoms with van der Waals surface area (Å²) < 4.78 is 0. The largest absolute Gasteiger partial charge is 0.0584 e. The molecule has 0 N–H and O–H groups in total. The summed E-state index contributed by atoms with van der Waals surface area (Å²) in [5, 5.41) is 26.6. The fourth-order valence-electron chi connectivity index (χ4n) is 10.4. The summed E-state index contributed by atoms with van der Waals surface area (Å²) in [4.78, 5) is 0. The molecule has 0 atom stereocenters. The normalized spacial score (nSPS) is 13.4. The number of benzene rings is 12. The van der Waals surface area contributed by atoms with Gasteiger partial charge in [0.1, 0.15) is 0 Å². The zero-order valence-electron chi connectivity index (χ0n) is 31.0. The Labute approximate surface area is 324 Å². The van der Waals surface area contributed by atoms with E-state index >= 15 is 0 Å². The molecule has 0 heteroatoms. The molecule has 0 aromatic heterocycles. The van der Waals surface area contributed by atoms with Gasteiger partial charge in [-0.2, -0.15) is 0 Å². The Balaban J connectivity index is 1.11. The summed E-state index contributed by atoms with van der Waals surface area (Å²) >= 11 is 0.